The van der Waals surface area contributed by atoms with Gasteiger partial charge in [0.15, 0.2) is 5.65 Å². The van der Waals surface area contributed by atoms with E-state index < -0.39 is 12.5 Å². The van der Waals surface area contributed by atoms with Crippen molar-refractivity contribution in [1.82, 2.24) is 39.5 Å². The number of piperidine rings is 1. The van der Waals surface area contributed by atoms with Gasteiger partial charge >= 0.3 is 6.61 Å². The minimum Gasteiger partial charge on any atom is -0.434 e. The van der Waals surface area contributed by atoms with E-state index >= 15 is 0 Å². The molecule has 3 aromatic heterocycles. The Bertz CT molecular complexity index is 1790. The topological polar surface area (TPSA) is 139 Å². The first-order valence-electron chi connectivity index (χ1n) is 15.8. The highest BCUT2D eigenvalue weighted by atomic mass is 32.2. The first kappa shape index (κ1) is 33.3. The molecular formula is C32H37F2N9O4S. The molecule has 0 spiro atoms. The minimum absolute atomic E-state index is 0.0534. The average molecular weight is 682 g/mol. The van der Waals surface area contributed by atoms with E-state index in [-0.39, 0.29) is 52.7 Å². The highest BCUT2D eigenvalue weighted by molar-refractivity contribution is 7.98. The maximum Gasteiger partial charge on any atom is 0.387 e. The molecule has 2 fully saturated rings. The first-order valence-corrected chi connectivity index (χ1v) is 17.0. The Balaban J connectivity index is 1.21. The van der Waals surface area contributed by atoms with Crippen molar-refractivity contribution in [1.29, 1.82) is 0 Å². The number of benzene rings is 1. The van der Waals surface area contributed by atoms with Crippen LogP contribution in [0.4, 0.5) is 14.5 Å². The summed E-state index contributed by atoms with van der Waals surface area (Å²) in [6.07, 6.45) is 11.4. The molecule has 0 aliphatic carbocycles. The fraction of sp³-hybridized carbons (Fsp3) is 0.438. The van der Waals surface area contributed by atoms with Crippen LogP contribution in [0, 0.1) is 5.92 Å². The van der Waals surface area contributed by atoms with Crippen molar-refractivity contribution in [2.75, 3.05) is 44.8 Å². The predicted molar refractivity (Wildman–Crippen MR) is 175 cm³/mol. The Morgan fingerprint density at radius 3 is 2.71 bits per heavy atom. The molecule has 0 saturated carbocycles. The molecule has 2 aliphatic heterocycles. The van der Waals surface area contributed by atoms with Gasteiger partial charge in [0.25, 0.3) is 5.91 Å². The zero-order valence-corrected chi connectivity index (χ0v) is 27.5. The van der Waals surface area contributed by atoms with Crippen molar-refractivity contribution in [3.05, 3.63) is 54.6 Å². The fourth-order valence-electron chi connectivity index (χ4n) is 6.43. The SMILES string of the molecule is CNC(=O)[C@@H]1CCCN1CC1CCN(C(=O)Cn2cc(NC(=O)c3cnn4cccnc34)c(-c3cc(SC)ccc3OC(F)F)n2)CC1. The Kier molecular flexibility index (Phi) is 10.2. The Labute approximate surface area is 280 Å². The van der Waals surface area contributed by atoms with Crippen LogP contribution in [0.5, 0.6) is 5.75 Å². The third-order valence-corrected chi connectivity index (χ3v) is 9.59. The molecule has 1 aromatic carbocycles. The van der Waals surface area contributed by atoms with E-state index in [9.17, 15) is 23.2 Å². The number of nitrogens with one attached hydrogen (secondary N) is 2. The first-order chi connectivity index (χ1) is 23.2. The number of anilines is 1. The number of amides is 3. The summed E-state index contributed by atoms with van der Waals surface area (Å²) >= 11 is 1.41. The predicted octanol–water partition coefficient (Wildman–Crippen LogP) is 3.62. The van der Waals surface area contributed by atoms with Gasteiger partial charge in [0.2, 0.25) is 11.8 Å². The number of halogens is 2. The third-order valence-electron chi connectivity index (χ3n) is 8.86. The maximum atomic E-state index is 13.5. The van der Waals surface area contributed by atoms with Crippen molar-refractivity contribution < 1.29 is 27.9 Å². The second-order valence-electron chi connectivity index (χ2n) is 11.8. The van der Waals surface area contributed by atoms with Gasteiger partial charge in [-0.05, 0) is 68.7 Å². The van der Waals surface area contributed by atoms with Crippen LogP contribution in [0.1, 0.15) is 36.0 Å². The molecule has 3 amide bonds. The molecule has 4 aromatic rings. The molecule has 0 bridgehead atoms. The van der Waals surface area contributed by atoms with Crippen LogP contribution < -0.4 is 15.4 Å². The Morgan fingerprint density at radius 1 is 1.15 bits per heavy atom. The van der Waals surface area contributed by atoms with Gasteiger partial charge in [-0.2, -0.15) is 19.0 Å². The van der Waals surface area contributed by atoms with Gasteiger partial charge in [-0.15, -0.1) is 11.8 Å². The second kappa shape index (κ2) is 14.7. The van der Waals surface area contributed by atoms with E-state index in [1.165, 1.54) is 39.4 Å². The van der Waals surface area contributed by atoms with Crippen LogP contribution in [0.25, 0.3) is 16.9 Å². The third kappa shape index (κ3) is 7.28. The standard InChI is InChI=1S/C32H37F2N9O4S/c1-35-31(46)25-5-3-11-41(25)17-20-8-13-40(14-9-20)27(44)19-42-18-24(38-30(45)23-16-37-43-12-4-10-36-29(23)43)28(39-42)22-15-21(48-2)6-7-26(22)47-32(33)34/h4,6-7,10,12,15-16,18,20,25,32H,3,5,8-9,11,13-14,17,19H2,1-2H3,(H,35,46)(H,38,45)/t25-/m0/s1. The summed E-state index contributed by atoms with van der Waals surface area (Å²) in [5.41, 5.74) is 1.14. The van der Waals surface area contributed by atoms with E-state index in [1.807, 2.05) is 6.26 Å². The average Bonchev–Trinajstić information content (AvgIpc) is 3.83. The number of fused-ring (bicyclic) bond motifs is 1. The number of hydrogen-bond donors (Lipinski definition) is 2. The summed E-state index contributed by atoms with van der Waals surface area (Å²) in [7, 11) is 1.67. The van der Waals surface area contributed by atoms with Gasteiger partial charge < -0.3 is 20.3 Å². The van der Waals surface area contributed by atoms with Gasteiger partial charge in [-0.1, -0.05) is 0 Å². The van der Waals surface area contributed by atoms with Crippen molar-refractivity contribution in [2.45, 2.75) is 49.8 Å². The largest absolute Gasteiger partial charge is 0.434 e. The second-order valence-corrected chi connectivity index (χ2v) is 12.7. The van der Waals surface area contributed by atoms with Gasteiger partial charge in [-0.3, -0.25) is 24.0 Å². The molecule has 2 aliphatic rings. The van der Waals surface area contributed by atoms with Gasteiger partial charge in [-0.25, -0.2) is 9.50 Å². The number of likely N-dealkylation sites (tertiary alicyclic amines) is 2. The number of thioether (sulfide) groups is 1. The molecule has 2 N–H and O–H groups in total. The number of ether oxygens (including phenoxy) is 1. The molecule has 5 heterocycles. The summed E-state index contributed by atoms with van der Waals surface area (Å²) in [6, 6.07) is 6.33. The van der Waals surface area contributed by atoms with Gasteiger partial charge in [0.05, 0.1) is 17.9 Å². The normalized spacial score (nSPS) is 17.3. The van der Waals surface area contributed by atoms with Crippen LogP contribution in [-0.2, 0) is 16.1 Å². The highest BCUT2D eigenvalue weighted by Crippen LogP contribution is 2.38. The molecule has 254 valence electrons. The number of hydrogen-bond acceptors (Lipinski definition) is 9. The van der Waals surface area contributed by atoms with Crippen LogP contribution in [0.15, 0.2) is 53.9 Å². The summed E-state index contributed by atoms with van der Waals surface area (Å²) in [5.74, 6) is -0.377. The lowest BCUT2D eigenvalue weighted by Crippen LogP contribution is -2.46. The molecule has 0 radical (unpaired) electrons. The Hall–Kier alpha value is -4.57. The van der Waals surface area contributed by atoms with Crippen molar-refractivity contribution in [3.63, 3.8) is 0 Å². The highest BCUT2D eigenvalue weighted by Gasteiger charge is 2.33. The molecule has 13 nitrogen and oxygen atoms in total. The quantitative estimate of drug-likeness (QED) is 0.227. The number of aromatic nitrogens is 5. The van der Waals surface area contributed by atoms with E-state index in [0.29, 0.717) is 24.7 Å². The Morgan fingerprint density at radius 2 is 1.96 bits per heavy atom. The molecular weight excluding hydrogens is 644 g/mol. The summed E-state index contributed by atoms with van der Waals surface area (Å²) in [6.45, 7) is -0.336. The number of rotatable bonds is 11. The van der Waals surface area contributed by atoms with Crippen molar-refractivity contribution in [2.24, 2.45) is 5.92 Å². The number of nitrogens with zero attached hydrogens (tertiary/aromatic N) is 7. The van der Waals surface area contributed by atoms with Crippen LogP contribution in [-0.4, -0.2) is 104 Å². The van der Waals surface area contributed by atoms with Crippen molar-refractivity contribution in [3.8, 4) is 17.0 Å². The van der Waals surface area contributed by atoms with Crippen LogP contribution in [0.2, 0.25) is 0 Å². The molecule has 2 saturated heterocycles. The van der Waals surface area contributed by atoms with E-state index in [4.69, 9.17) is 4.74 Å². The summed E-state index contributed by atoms with van der Waals surface area (Å²) < 4.78 is 34.6. The van der Waals surface area contributed by atoms with Crippen LogP contribution >= 0.6 is 11.8 Å². The smallest absolute Gasteiger partial charge is 0.387 e. The van der Waals surface area contributed by atoms with Gasteiger partial charge in [0.1, 0.15) is 23.6 Å². The van der Waals surface area contributed by atoms with Gasteiger partial charge in [0, 0.05) is 55.7 Å². The van der Waals surface area contributed by atoms with E-state index in [2.05, 4.69) is 30.7 Å². The van der Waals surface area contributed by atoms with E-state index in [1.54, 1.807) is 42.5 Å². The maximum absolute atomic E-state index is 13.5. The number of carbonyl (C=O) groups is 3. The van der Waals surface area contributed by atoms with E-state index in [0.717, 1.165) is 43.7 Å². The van der Waals surface area contributed by atoms with Crippen LogP contribution in [0.3, 0.4) is 0 Å². The minimum atomic E-state index is -3.08. The lowest BCUT2D eigenvalue weighted by molar-refractivity contribution is -0.133. The lowest BCUT2D eigenvalue weighted by Gasteiger charge is -2.35. The molecule has 1 atom stereocenters. The monoisotopic (exact) mass is 681 g/mol. The summed E-state index contributed by atoms with van der Waals surface area (Å²) in [5, 5.41) is 14.4. The molecule has 0 unspecified atom stereocenters. The lowest BCUT2D eigenvalue weighted by atomic mass is 9.95. The number of carbonyl (C=O) groups excluding carboxylic acids is 3. The molecule has 6 rings (SSSR count). The molecule has 16 heteroatoms. The van der Waals surface area contributed by atoms with Crippen molar-refractivity contribution >= 4 is 40.8 Å². The number of likely N-dealkylation sites (N-methyl/N-ethyl adjacent to an activating group) is 1. The zero-order chi connectivity index (χ0) is 33.8. The zero-order valence-electron chi connectivity index (χ0n) is 26.6. The molecule has 48 heavy (non-hydrogen) atoms. The fourth-order valence-corrected chi connectivity index (χ4v) is 6.87. The summed E-state index contributed by atoms with van der Waals surface area (Å²) in [4.78, 5) is 48.3. The number of alkyl halides is 2.